The standard InChI is InChI=1S/C36H50FN5O3/c1-7-9-12-20-45-35(44)42-19-18-40(25-36(42,5)6)32-16-17-38-31(29(32)13-8-2)21-26(3)33(43)15-11-10-14-28-24-41-23-27(4)39-34(41)22-30(28)37/h16-17,22-24H,3,7-15,18-21,25H2,1-2,4-6H3. The smallest absolute Gasteiger partial charge is 0.410 e. The van der Waals surface area contributed by atoms with E-state index in [0.717, 1.165) is 54.7 Å². The number of aryl methyl sites for hydroxylation is 2. The van der Waals surface area contributed by atoms with E-state index in [-0.39, 0.29) is 17.7 Å². The molecule has 0 N–H and O–H groups in total. The molecule has 1 fully saturated rings. The summed E-state index contributed by atoms with van der Waals surface area (Å²) in [5.74, 6) is -0.233. The highest BCUT2D eigenvalue weighted by molar-refractivity contribution is 5.95. The molecule has 8 nitrogen and oxygen atoms in total. The van der Waals surface area contributed by atoms with Gasteiger partial charge in [0, 0.05) is 68.4 Å². The van der Waals surface area contributed by atoms with Crippen LogP contribution in [-0.4, -0.2) is 62.9 Å². The zero-order valence-corrected chi connectivity index (χ0v) is 27.8. The molecule has 0 bridgehead atoms. The number of nitrogens with zero attached hydrogens (tertiary/aromatic N) is 5. The number of ketones is 1. The SMILES string of the molecule is C=C(Cc1nccc(N2CCN(C(=O)OCCCCC)C(C)(C)C2)c1CCC)C(=O)CCCCc1cn2cc(C)nc2cc1F. The van der Waals surface area contributed by atoms with Crippen LogP contribution in [0.15, 0.2) is 42.9 Å². The number of carbonyl (C=O) groups excluding carboxylic acids is 2. The number of hydrogen-bond acceptors (Lipinski definition) is 6. The normalized spacial score (nSPS) is 14.6. The lowest BCUT2D eigenvalue weighted by Gasteiger charge is -2.47. The molecule has 9 heteroatoms. The number of halogens is 1. The highest BCUT2D eigenvalue weighted by atomic mass is 19.1. The molecule has 0 aliphatic carbocycles. The maximum atomic E-state index is 14.6. The van der Waals surface area contributed by atoms with E-state index >= 15 is 0 Å². The number of fused-ring (bicyclic) bond motifs is 1. The monoisotopic (exact) mass is 619 g/mol. The predicted octanol–water partition coefficient (Wildman–Crippen LogP) is 7.44. The molecule has 45 heavy (non-hydrogen) atoms. The fraction of sp³-hybridized carbons (Fsp3) is 0.556. The fourth-order valence-corrected chi connectivity index (χ4v) is 6.23. The summed E-state index contributed by atoms with van der Waals surface area (Å²) in [6.07, 6.45) is 12.8. The van der Waals surface area contributed by atoms with Gasteiger partial charge in [-0.1, -0.05) is 39.7 Å². The summed E-state index contributed by atoms with van der Waals surface area (Å²) in [7, 11) is 0. The van der Waals surface area contributed by atoms with E-state index in [1.165, 1.54) is 6.07 Å². The lowest BCUT2D eigenvalue weighted by Crippen LogP contribution is -2.61. The topological polar surface area (TPSA) is 80.0 Å². The van der Waals surface area contributed by atoms with Crippen LogP contribution in [0.5, 0.6) is 0 Å². The van der Waals surface area contributed by atoms with Crippen molar-refractivity contribution in [2.45, 2.75) is 104 Å². The number of hydrogen-bond donors (Lipinski definition) is 0. The van der Waals surface area contributed by atoms with Gasteiger partial charge in [-0.3, -0.25) is 14.7 Å². The van der Waals surface area contributed by atoms with Crippen LogP contribution in [-0.2, 0) is 28.8 Å². The zero-order chi connectivity index (χ0) is 32.6. The molecule has 0 spiro atoms. The minimum Gasteiger partial charge on any atom is -0.449 e. The molecule has 1 aliphatic heterocycles. The second-order valence-corrected chi connectivity index (χ2v) is 12.9. The number of unbranched alkanes of at least 4 members (excludes halogenated alkanes) is 3. The largest absolute Gasteiger partial charge is 0.449 e. The fourth-order valence-electron chi connectivity index (χ4n) is 6.23. The van der Waals surface area contributed by atoms with E-state index in [2.05, 4.69) is 50.2 Å². The van der Waals surface area contributed by atoms with Crippen LogP contribution < -0.4 is 4.90 Å². The minimum absolute atomic E-state index is 0.0259. The number of anilines is 1. The van der Waals surface area contributed by atoms with E-state index in [9.17, 15) is 14.0 Å². The first-order valence-corrected chi connectivity index (χ1v) is 16.5. The molecule has 0 aromatic carbocycles. The third kappa shape index (κ3) is 8.70. The van der Waals surface area contributed by atoms with Gasteiger partial charge in [0.1, 0.15) is 11.5 Å². The number of Topliss-reactive ketones (excluding diaryl/α,β-unsaturated/α-hetero) is 1. The number of imidazole rings is 1. The average Bonchev–Trinajstić information content (AvgIpc) is 3.36. The molecule has 1 saturated heterocycles. The van der Waals surface area contributed by atoms with Gasteiger partial charge in [-0.05, 0) is 70.1 Å². The van der Waals surface area contributed by atoms with Gasteiger partial charge >= 0.3 is 6.09 Å². The Morgan fingerprint density at radius 1 is 1.07 bits per heavy atom. The molecule has 3 aromatic rings. The molecule has 4 rings (SSSR count). The Bertz CT molecular complexity index is 1500. The van der Waals surface area contributed by atoms with Crippen molar-refractivity contribution in [3.05, 3.63) is 71.2 Å². The molecule has 3 aromatic heterocycles. The molecule has 0 saturated carbocycles. The predicted molar refractivity (Wildman–Crippen MR) is 177 cm³/mol. The van der Waals surface area contributed by atoms with Crippen molar-refractivity contribution in [2.75, 3.05) is 31.1 Å². The summed E-state index contributed by atoms with van der Waals surface area (Å²) in [6, 6.07) is 3.52. The molecule has 244 valence electrons. The maximum Gasteiger partial charge on any atom is 0.410 e. The Balaban J connectivity index is 1.34. The van der Waals surface area contributed by atoms with Gasteiger partial charge in [0.05, 0.1) is 23.5 Å². The van der Waals surface area contributed by atoms with Gasteiger partial charge in [0.25, 0.3) is 0 Å². The Morgan fingerprint density at radius 2 is 1.87 bits per heavy atom. The van der Waals surface area contributed by atoms with Crippen LogP contribution in [0.4, 0.5) is 14.9 Å². The van der Waals surface area contributed by atoms with Crippen molar-refractivity contribution in [1.29, 1.82) is 0 Å². The van der Waals surface area contributed by atoms with Gasteiger partial charge in [-0.25, -0.2) is 14.2 Å². The second kappa shape index (κ2) is 15.5. The highest BCUT2D eigenvalue weighted by Crippen LogP contribution is 2.31. The summed E-state index contributed by atoms with van der Waals surface area (Å²) in [4.78, 5) is 39.2. The van der Waals surface area contributed by atoms with Crippen LogP contribution in [0.2, 0.25) is 0 Å². The summed E-state index contributed by atoms with van der Waals surface area (Å²) < 4.78 is 22.0. The number of carbonyl (C=O) groups is 2. The molecular formula is C36H50FN5O3. The molecule has 4 heterocycles. The zero-order valence-electron chi connectivity index (χ0n) is 27.8. The van der Waals surface area contributed by atoms with Crippen LogP contribution >= 0.6 is 0 Å². The number of amides is 1. The first kappa shape index (κ1) is 34.1. The summed E-state index contributed by atoms with van der Waals surface area (Å²) in [5.41, 5.74) is 5.36. The third-order valence-electron chi connectivity index (χ3n) is 8.67. The van der Waals surface area contributed by atoms with E-state index in [4.69, 9.17) is 9.72 Å². The average molecular weight is 620 g/mol. The summed E-state index contributed by atoms with van der Waals surface area (Å²) in [5, 5.41) is 0. The third-order valence-corrected chi connectivity index (χ3v) is 8.67. The summed E-state index contributed by atoms with van der Waals surface area (Å²) in [6.45, 7) is 16.9. The molecule has 0 radical (unpaired) electrons. The van der Waals surface area contributed by atoms with Gasteiger partial charge in [0.2, 0.25) is 0 Å². The van der Waals surface area contributed by atoms with E-state index in [1.54, 1.807) is 6.20 Å². The van der Waals surface area contributed by atoms with Crippen molar-refractivity contribution in [1.82, 2.24) is 19.3 Å². The number of allylic oxidation sites excluding steroid dienone is 1. The van der Waals surface area contributed by atoms with Crippen LogP contribution in [0.3, 0.4) is 0 Å². The number of aromatic nitrogens is 3. The quantitative estimate of drug-likeness (QED) is 0.130. The minimum atomic E-state index is -0.404. The lowest BCUT2D eigenvalue weighted by molar-refractivity contribution is -0.115. The van der Waals surface area contributed by atoms with Gasteiger partial charge < -0.3 is 14.0 Å². The van der Waals surface area contributed by atoms with Crippen LogP contribution in [0.25, 0.3) is 5.65 Å². The van der Waals surface area contributed by atoms with Gasteiger partial charge in [0.15, 0.2) is 5.78 Å². The van der Waals surface area contributed by atoms with Gasteiger partial charge in [-0.2, -0.15) is 0 Å². The van der Waals surface area contributed by atoms with Gasteiger partial charge in [-0.15, -0.1) is 0 Å². The molecule has 1 amide bonds. The second-order valence-electron chi connectivity index (χ2n) is 12.9. The van der Waals surface area contributed by atoms with Crippen molar-refractivity contribution in [3.63, 3.8) is 0 Å². The van der Waals surface area contributed by atoms with Crippen LogP contribution in [0, 0.1) is 12.7 Å². The lowest BCUT2D eigenvalue weighted by atomic mass is 9.94. The van der Waals surface area contributed by atoms with Crippen molar-refractivity contribution < 1.29 is 18.7 Å². The Hall–Kier alpha value is -3.75. The number of ether oxygens (including phenoxy) is 1. The van der Waals surface area contributed by atoms with Crippen molar-refractivity contribution >= 4 is 23.2 Å². The number of pyridine rings is 2. The molecule has 0 unspecified atom stereocenters. The molecule has 0 atom stereocenters. The van der Waals surface area contributed by atoms with E-state index in [1.807, 2.05) is 28.6 Å². The number of piperazine rings is 1. The maximum absolute atomic E-state index is 14.6. The first-order valence-electron chi connectivity index (χ1n) is 16.5. The van der Waals surface area contributed by atoms with E-state index < -0.39 is 5.54 Å². The molecule has 1 aliphatic rings. The summed E-state index contributed by atoms with van der Waals surface area (Å²) >= 11 is 0. The Kier molecular flexibility index (Phi) is 11.8. The van der Waals surface area contributed by atoms with Crippen molar-refractivity contribution in [3.8, 4) is 0 Å². The Morgan fingerprint density at radius 3 is 2.60 bits per heavy atom. The number of rotatable bonds is 15. The first-order chi connectivity index (χ1) is 21.5. The van der Waals surface area contributed by atoms with Crippen LogP contribution in [0.1, 0.15) is 95.2 Å². The van der Waals surface area contributed by atoms with Crippen molar-refractivity contribution in [2.24, 2.45) is 0 Å². The van der Waals surface area contributed by atoms with E-state index in [0.29, 0.717) is 75.1 Å². The molecular weight excluding hydrogens is 569 g/mol. The Labute approximate surface area is 267 Å². The highest BCUT2D eigenvalue weighted by Gasteiger charge is 2.38.